The fourth-order valence-electron chi connectivity index (χ4n) is 2.63. The highest BCUT2D eigenvalue weighted by molar-refractivity contribution is 4.63. The second-order valence-electron chi connectivity index (χ2n) is 6.51. The van der Waals surface area contributed by atoms with Gasteiger partial charge in [0, 0.05) is 0 Å². The molecule has 116 valence electrons. The van der Waals surface area contributed by atoms with E-state index in [0.29, 0.717) is 0 Å². The Bertz CT molecular complexity index is 161. The van der Waals surface area contributed by atoms with Crippen molar-refractivity contribution in [3.63, 3.8) is 0 Å². The van der Waals surface area contributed by atoms with Gasteiger partial charge in [0.05, 0.1) is 0 Å². The van der Waals surface area contributed by atoms with E-state index in [4.69, 9.17) is 0 Å². The Labute approximate surface area is 123 Å². The van der Waals surface area contributed by atoms with Gasteiger partial charge in [0.15, 0.2) is 0 Å². The number of nitrogens with zero attached hydrogens (tertiary/aromatic N) is 1. The lowest BCUT2D eigenvalue weighted by Gasteiger charge is -2.24. The molecule has 19 heavy (non-hydrogen) atoms. The molecule has 0 amide bonds. The lowest BCUT2D eigenvalue weighted by atomic mass is 9.99. The molecule has 0 aromatic heterocycles. The van der Waals surface area contributed by atoms with E-state index in [-0.39, 0.29) is 0 Å². The minimum absolute atomic E-state index is 0.909. The van der Waals surface area contributed by atoms with Crippen LogP contribution in [0.4, 0.5) is 0 Å². The Morgan fingerprint density at radius 3 is 1.42 bits per heavy atom. The molecule has 2 unspecified atom stereocenters. The Morgan fingerprint density at radius 2 is 1.11 bits per heavy atom. The molecule has 0 saturated heterocycles. The maximum Gasteiger partial charge on any atom is -0.00163 e. The number of rotatable bonds is 13. The molecule has 2 atom stereocenters. The summed E-state index contributed by atoms with van der Waals surface area (Å²) in [6, 6.07) is 0. The van der Waals surface area contributed by atoms with Crippen LogP contribution in [0.1, 0.15) is 86.0 Å². The molecule has 0 rings (SSSR count). The van der Waals surface area contributed by atoms with E-state index in [1.165, 1.54) is 71.0 Å². The summed E-state index contributed by atoms with van der Waals surface area (Å²) >= 11 is 0. The monoisotopic (exact) mass is 269 g/mol. The average Bonchev–Trinajstić information content (AvgIpc) is 2.42. The highest BCUT2D eigenvalue weighted by Gasteiger charge is 2.08. The molecule has 0 saturated carbocycles. The first-order valence-corrected chi connectivity index (χ1v) is 8.86. The van der Waals surface area contributed by atoms with Crippen LogP contribution in [-0.4, -0.2) is 24.5 Å². The van der Waals surface area contributed by atoms with E-state index in [2.05, 4.69) is 39.5 Å². The van der Waals surface area contributed by atoms with Gasteiger partial charge in [-0.2, -0.15) is 0 Å². The summed E-state index contributed by atoms with van der Waals surface area (Å²) in [5, 5.41) is 0. The smallest absolute Gasteiger partial charge is 0.00163 e. The zero-order valence-corrected chi connectivity index (χ0v) is 14.4. The van der Waals surface area contributed by atoms with E-state index >= 15 is 0 Å². The second kappa shape index (κ2) is 13.0. The van der Waals surface area contributed by atoms with Gasteiger partial charge >= 0.3 is 0 Å². The first-order chi connectivity index (χ1) is 9.13. The molecule has 0 fully saturated rings. The topological polar surface area (TPSA) is 3.24 Å². The van der Waals surface area contributed by atoms with Gasteiger partial charge in [-0.1, -0.05) is 73.1 Å². The molecule has 0 aromatic carbocycles. The fourth-order valence-corrected chi connectivity index (χ4v) is 2.63. The third kappa shape index (κ3) is 11.5. The molecule has 0 aliphatic rings. The third-order valence-electron chi connectivity index (χ3n) is 4.42. The molecule has 0 aromatic rings. The molecule has 0 aliphatic heterocycles. The van der Waals surface area contributed by atoms with Crippen LogP contribution in [0.5, 0.6) is 0 Å². The summed E-state index contributed by atoms with van der Waals surface area (Å²) < 4.78 is 0. The molecular weight excluding hydrogens is 230 g/mol. The van der Waals surface area contributed by atoms with Crippen molar-refractivity contribution >= 4 is 0 Å². The van der Waals surface area contributed by atoms with E-state index in [9.17, 15) is 0 Å². The quantitative estimate of drug-likeness (QED) is 0.412. The second-order valence-corrected chi connectivity index (χ2v) is 6.51. The number of hydrogen-bond donors (Lipinski definition) is 0. The summed E-state index contributed by atoms with van der Waals surface area (Å²) in [5.74, 6) is 1.82. The Hall–Kier alpha value is -0.0400. The van der Waals surface area contributed by atoms with Gasteiger partial charge in [-0.05, 0) is 44.3 Å². The van der Waals surface area contributed by atoms with Crippen molar-refractivity contribution in [1.82, 2.24) is 4.90 Å². The maximum absolute atomic E-state index is 2.66. The van der Waals surface area contributed by atoms with Crippen LogP contribution in [0.2, 0.25) is 0 Å². The first kappa shape index (κ1) is 19.0. The minimum atomic E-state index is 0.909. The number of hydrogen-bond acceptors (Lipinski definition) is 1. The predicted octanol–water partition coefficient (Wildman–Crippen LogP) is 5.74. The van der Waals surface area contributed by atoms with Crippen molar-refractivity contribution in [3.05, 3.63) is 0 Å². The Kier molecular flexibility index (Phi) is 12.9. The van der Waals surface area contributed by atoms with Crippen molar-refractivity contribution in [2.45, 2.75) is 86.0 Å². The standard InChI is InChI=1S/C18H39N/c1-6-9-11-17(4)13-15-19(8-3)16-14-18(5)12-10-7-2/h17-18H,6-16H2,1-5H3. The van der Waals surface area contributed by atoms with Gasteiger partial charge in [0.2, 0.25) is 0 Å². The van der Waals surface area contributed by atoms with Crippen LogP contribution >= 0.6 is 0 Å². The predicted molar refractivity (Wildman–Crippen MR) is 88.7 cm³/mol. The van der Waals surface area contributed by atoms with Crippen molar-refractivity contribution < 1.29 is 0 Å². The fraction of sp³-hybridized carbons (Fsp3) is 1.00. The highest BCUT2D eigenvalue weighted by Crippen LogP contribution is 2.15. The third-order valence-corrected chi connectivity index (χ3v) is 4.42. The van der Waals surface area contributed by atoms with Crippen LogP contribution < -0.4 is 0 Å². The van der Waals surface area contributed by atoms with Gasteiger partial charge in [-0.15, -0.1) is 0 Å². The van der Waals surface area contributed by atoms with Crippen LogP contribution in [0, 0.1) is 11.8 Å². The van der Waals surface area contributed by atoms with Crippen molar-refractivity contribution in [1.29, 1.82) is 0 Å². The molecule has 1 nitrogen and oxygen atoms in total. The van der Waals surface area contributed by atoms with Gasteiger partial charge < -0.3 is 4.90 Å². The van der Waals surface area contributed by atoms with Crippen LogP contribution in [-0.2, 0) is 0 Å². The Balaban J connectivity index is 3.70. The van der Waals surface area contributed by atoms with Gasteiger partial charge in [0.1, 0.15) is 0 Å². The molecule has 0 N–H and O–H groups in total. The molecular formula is C18H39N. The van der Waals surface area contributed by atoms with Crippen LogP contribution in [0.15, 0.2) is 0 Å². The van der Waals surface area contributed by atoms with E-state index < -0.39 is 0 Å². The SMILES string of the molecule is CCCCC(C)CCN(CC)CCC(C)CCCC. The lowest BCUT2D eigenvalue weighted by Crippen LogP contribution is -2.28. The summed E-state index contributed by atoms with van der Waals surface area (Å²) in [4.78, 5) is 2.66. The summed E-state index contributed by atoms with van der Waals surface area (Å²) in [6.07, 6.45) is 11.1. The Morgan fingerprint density at radius 1 is 0.684 bits per heavy atom. The molecule has 0 radical (unpaired) electrons. The molecule has 0 bridgehead atoms. The zero-order valence-electron chi connectivity index (χ0n) is 14.4. The first-order valence-electron chi connectivity index (χ1n) is 8.86. The zero-order chi connectivity index (χ0) is 14.5. The molecule has 0 heterocycles. The van der Waals surface area contributed by atoms with Crippen molar-refractivity contribution in [2.75, 3.05) is 19.6 Å². The summed E-state index contributed by atoms with van der Waals surface area (Å²) in [6.45, 7) is 15.6. The summed E-state index contributed by atoms with van der Waals surface area (Å²) in [7, 11) is 0. The van der Waals surface area contributed by atoms with E-state index in [0.717, 1.165) is 11.8 Å². The van der Waals surface area contributed by atoms with E-state index in [1.807, 2.05) is 0 Å². The van der Waals surface area contributed by atoms with Crippen molar-refractivity contribution in [2.24, 2.45) is 11.8 Å². The van der Waals surface area contributed by atoms with Crippen LogP contribution in [0.3, 0.4) is 0 Å². The maximum atomic E-state index is 2.66. The minimum Gasteiger partial charge on any atom is -0.304 e. The van der Waals surface area contributed by atoms with Gasteiger partial charge in [-0.3, -0.25) is 0 Å². The number of unbranched alkanes of at least 4 members (excludes halogenated alkanes) is 2. The lowest BCUT2D eigenvalue weighted by molar-refractivity contribution is 0.242. The van der Waals surface area contributed by atoms with Gasteiger partial charge in [-0.25, -0.2) is 0 Å². The molecule has 1 heteroatoms. The van der Waals surface area contributed by atoms with Crippen LogP contribution in [0.25, 0.3) is 0 Å². The molecule has 0 aliphatic carbocycles. The highest BCUT2D eigenvalue weighted by atomic mass is 15.1. The average molecular weight is 270 g/mol. The van der Waals surface area contributed by atoms with Crippen molar-refractivity contribution in [3.8, 4) is 0 Å². The van der Waals surface area contributed by atoms with E-state index in [1.54, 1.807) is 0 Å². The summed E-state index contributed by atoms with van der Waals surface area (Å²) in [5.41, 5.74) is 0. The largest absolute Gasteiger partial charge is 0.304 e. The molecule has 0 spiro atoms. The van der Waals surface area contributed by atoms with Gasteiger partial charge in [0.25, 0.3) is 0 Å². The normalized spacial score (nSPS) is 14.8.